The molecule has 0 saturated heterocycles. The lowest BCUT2D eigenvalue weighted by molar-refractivity contribution is 1.30. The minimum absolute atomic E-state index is 1.12. The lowest BCUT2D eigenvalue weighted by Gasteiger charge is -2.27. The highest BCUT2D eigenvalue weighted by atomic mass is 32.1. The van der Waals surface area contributed by atoms with Gasteiger partial charge in [0, 0.05) is 31.5 Å². The molecule has 2 heteroatoms. The standard InChI is InChI=1S/C52H33NS/c1-3-17-40-36(13-1)32-47(44-21-7-5-19-42(40)44)34-27-29-38(30-28-34)53(49-24-12-26-51-52(49)46-23-9-10-25-50(46)54-51)39-16-11-15-35(31-39)48-33-37-14-2-4-18-41(37)43-20-6-8-22-45(43)48/h1-33H. The Morgan fingerprint density at radius 1 is 0.315 bits per heavy atom. The molecule has 0 fully saturated rings. The van der Waals surface area contributed by atoms with Crippen molar-refractivity contribution >= 4 is 91.7 Å². The average Bonchev–Trinajstić information content (AvgIpc) is 3.63. The summed E-state index contributed by atoms with van der Waals surface area (Å²) >= 11 is 1.86. The first-order chi connectivity index (χ1) is 26.8. The van der Waals surface area contributed by atoms with Gasteiger partial charge in [-0.3, -0.25) is 0 Å². The highest BCUT2D eigenvalue weighted by molar-refractivity contribution is 7.26. The van der Waals surface area contributed by atoms with E-state index in [2.05, 4.69) is 205 Å². The summed E-state index contributed by atoms with van der Waals surface area (Å²) in [6.45, 7) is 0. The topological polar surface area (TPSA) is 3.24 Å². The summed E-state index contributed by atoms with van der Waals surface area (Å²) in [4.78, 5) is 2.45. The predicted octanol–water partition coefficient (Wildman–Crippen LogP) is 15.5. The fraction of sp³-hybridized carbons (Fsp3) is 0. The maximum absolute atomic E-state index is 2.45. The lowest BCUT2D eigenvalue weighted by Crippen LogP contribution is -2.10. The van der Waals surface area contributed by atoms with Crippen molar-refractivity contribution in [3.8, 4) is 22.3 Å². The Balaban J connectivity index is 1.12. The van der Waals surface area contributed by atoms with E-state index < -0.39 is 0 Å². The Bertz CT molecular complexity index is 3230. The SMILES string of the molecule is c1cc(-c2cc3ccccc3c3ccccc23)cc(N(c2ccc(-c3cc4ccccc4c4ccccc34)cc2)c2cccc3sc4ccccc4c23)c1. The molecule has 11 rings (SSSR count). The van der Waals surface area contributed by atoms with E-state index >= 15 is 0 Å². The number of nitrogens with zero attached hydrogens (tertiary/aromatic N) is 1. The molecule has 0 aliphatic heterocycles. The molecule has 0 bridgehead atoms. The largest absolute Gasteiger partial charge is 0.310 e. The number of fused-ring (bicyclic) bond motifs is 9. The Labute approximate surface area is 317 Å². The van der Waals surface area contributed by atoms with Crippen molar-refractivity contribution in [2.45, 2.75) is 0 Å². The van der Waals surface area contributed by atoms with Gasteiger partial charge < -0.3 is 4.90 Å². The lowest BCUT2D eigenvalue weighted by atomic mass is 9.92. The molecule has 11 aromatic rings. The molecule has 0 aliphatic rings. The third-order valence-electron chi connectivity index (χ3n) is 11.0. The molecule has 0 spiro atoms. The van der Waals surface area contributed by atoms with Gasteiger partial charge in [-0.2, -0.15) is 0 Å². The summed E-state index contributed by atoms with van der Waals surface area (Å²) in [5.74, 6) is 0. The van der Waals surface area contributed by atoms with Gasteiger partial charge in [-0.1, -0.05) is 146 Å². The summed E-state index contributed by atoms with van der Waals surface area (Å²) in [5, 5.41) is 12.7. The van der Waals surface area contributed by atoms with E-state index in [-0.39, 0.29) is 0 Å². The van der Waals surface area contributed by atoms with Crippen molar-refractivity contribution in [3.05, 3.63) is 200 Å². The fourth-order valence-electron chi connectivity index (χ4n) is 8.56. The van der Waals surface area contributed by atoms with E-state index in [9.17, 15) is 0 Å². The zero-order valence-electron chi connectivity index (χ0n) is 29.4. The van der Waals surface area contributed by atoms with Gasteiger partial charge in [-0.25, -0.2) is 0 Å². The van der Waals surface area contributed by atoms with Crippen LogP contribution in [0.4, 0.5) is 17.1 Å². The van der Waals surface area contributed by atoms with Crippen molar-refractivity contribution in [1.82, 2.24) is 0 Å². The van der Waals surface area contributed by atoms with E-state index in [1.54, 1.807) is 0 Å². The number of thiophene rings is 1. The molecule has 1 aromatic heterocycles. The molecule has 252 valence electrons. The second kappa shape index (κ2) is 12.4. The second-order valence-corrected chi connectivity index (χ2v) is 15.1. The fourth-order valence-corrected chi connectivity index (χ4v) is 9.69. The molecule has 10 aromatic carbocycles. The van der Waals surface area contributed by atoms with Crippen LogP contribution in [0.2, 0.25) is 0 Å². The van der Waals surface area contributed by atoms with Gasteiger partial charge in [0.25, 0.3) is 0 Å². The number of rotatable bonds is 5. The Morgan fingerprint density at radius 3 is 1.50 bits per heavy atom. The first-order valence-electron chi connectivity index (χ1n) is 18.5. The van der Waals surface area contributed by atoms with Crippen LogP contribution in [0.1, 0.15) is 0 Å². The Hall–Kier alpha value is -6.74. The summed E-state index contributed by atoms with van der Waals surface area (Å²) in [5.41, 5.74) is 8.30. The molecule has 1 nitrogen and oxygen atoms in total. The molecule has 0 amide bonds. The maximum atomic E-state index is 2.45. The van der Waals surface area contributed by atoms with Gasteiger partial charge in [0.15, 0.2) is 0 Å². The summed E-state index contributed by atoms with van der Waals surface area (Å²) in [6.07, 6.45) is 0. The molecule has 0 saturated carbocycles. The molecule has 0 radical (unpaired) electrons. The van der Waals surface area contributed by atoms with Crippen molar-refractivity contribution in [3.63, 3.8) is 0 Å². The summed E-state index contributed by atoms with van der Waals surface area (Å²) in [6, 6.07) is 73.6. The molecule has 0 aliphatic carbocycles. The maximum Gasteiger partial charge on any atom is 0.0554 e. The van der Waals surface area contributed by atoms with Crippen molar-refractivity contribution < 1.29 is 0 Å². The third kappa shape index (κ3) is 4.92. The number of anilines is 3. The van der Waals surface area contributed by atoms with Crippen LogP contribution in [-0.4, -0.2) is 0 Å². The van der Waals surface area contributed by atoms with Gasteiger partial charge in [0.1, 0.15) is 0 Å². The highest BCUT2D eigenvalue weighted by Crippen LogP contribution is 2.46. The molecular formula is C52H33NS. The van der Waals surface area contributed by atoms with Crippen molar-refractivity contribution in [2.75, 3.05) is 4.90 Å². The molecular weight excluding hydrogens is 671 g/mol. The summed E-state index contributed by atoms with van der Waals surface area (Å²) in [7, 11) is 0. The first-order valence-corrected chi connectivity index (χ1v) is 19.3. The Kier molecular flexibility index (Phi) is 7.11. The predicted molar refractivity (Wildman–Crippen MR) is 235 cm³/mol. The van der Waals surface area contributed by atoms with Gasteiger partial charge in [-0.05, 0) is 120 Å². The van der Waals surface area contributed by atoms with Crippen LogP contribution in [0.3, 0.4) is 0 Å². The number of hydrogen-bond donors (Lipinski definition) is 0. The molecule has 0 unspecified atom stereocenters. The smallest absolute Gasteiger partial charge is 0.0554 e. The monoisotopic (exact) mass is 703 g/mol. The molecule has 0 N–H and O–H groups in total. The first kappa shape index (κ1) is 30.8. The number of benzene rings is 10. The molecule has 0 atom stereocenters. The molecule has 54 heavy (non-hydrogen) atoms. The zero-order valence-corrected chi connectivity index (χ0v) is 30.2. The van der Waals surface area contributed by atoms with E-state index in [0.717, 1.165) is 11.4 Å². The normalized spacial score (nSPS) is 11.7. The van der Waals surface area contributed by atoms with E-state index in [1.165, 1.54) is 91.2 Å². The minimum Gasteiger partial charge on any atom is -0.310 e. The number of hydrogen-bond acceptors (Lipinski definition) is 2. The van der Waals surface area contributed by atoms with Gasteiger partial charge in [-0.15, -0.1) is 11.3 Å². The third-order valence-corrected chi connectivity index (χ3v) is 12.1. The van der Waals surface area contributed by atoms with Crippen LogP contribution in [-0.2, 0) is 0 Å². The van der Waals surface area contributed by atoms with E-state index in [0.29, 0.717) is 0 Å². The van der Waals surface area contributed by atoms with Crippen LogP contribution in [0.15, 0.2) is 200 Å². The zero-order chi connectivity index (χ0) is 35.6. The van der Waals surface area contributed by atoms with E-state index in [4.69, 9.17) is 0 Å². The van der Waals surface area contributed by atoms with Crippen LogP contribution in [0.5, 0.6) is 0 Å². The summed E-state index contributed by atoms with van der Waals surface area (Å²) < 4.78 is 2.59. The second-order valence-electron chi connectivity index (χ2n) is 14.1. The molecule has 1 heterocycles. The minimum atomic E-state index is 1.12. The van der Waals surface area contributed by atoms with Gasteiger partial charge in [0.2, 0.25) is 0 Å². The van der Waals surface area contributed by atoms with Gasteiger partial charge >= 0.3 is 0 Å². The average molecular weight is 704 g/mol. The van der Waals surface area contributed by atoms with Gasteiger partial charge in [0.05, 0.1) is 5.69 Å². The van der Waals surface area contributed by atoms with E-state index in [1.807, 2.05) is 11.3 Å². The quantitative estimate of drug-likeness (QED) is 0.161. The Morgan fingerprint density at radius 2 is 0.833 bits per heavy atom. The van der Waals surface area contributed by atoms with Crippen LogP contribution < -0.4 is 4.90 Å². The van der Waals surface area contributed by atoms with Crippen molar-refractivity contribution in [1.29, 1.82) is 0 Å². The highest BCUT2D eigenvalue weighted by Gasteiger charge is 2.20. The van der Waals surface area contributed by atoms with Crippen molar-refractivity contribution in [2.24, 2.45) is 0 Å². The van der Waals surface area contributed by atoms with Crippen LogP contribution in [0, 0.1) is 0 Å². The van der Waals surface area contributed by atoms with Crippen LogP contribution in [0.25, 0.3) is 85.5 Å². The van der Waals surface area contributed by atoms with Crippen LogP contribution >= 0.6 is 11.3 Å².